The summed E-state index contributed by atoms with van der Waals surface area (Å²) in [6, 6.07) is 7.03. The fourth-order valence-corrected chi connectivity index (χ4v) is 1.92. The Morgan fingerprint density at radius 1 is 1.41 bits per heavy atom. The van der Waals surface area contributed by atoms with Gasteiger partial charge in [0.25, 0.3) is 0 Å². The average molecular weight is 298 g/mol. The Hall–Kier alpha value is -1.36. The van der Waals surface area contributed by atoms with Crippen LogP contribution in [0, 0.1) is 0 Å². The van der Waals surface area contributed by atoms with Crippen LogP contribution < -0.4 is 5.32 Å². The van der Waals surface area contributed by atoms with Gasteiger partial charge in [-0.1, -0.05) is 28.1 Å². The fraction of sp³-hybridized carbons (Fsp3) is 0.333. The first-order chi connectivity index (χ1) is 8.15. The molecule has 0 radical (unpaired) electrons. The summed E-state index contributed by atoms with van der Waals surface area (Å²) in [6.07, 6.45) is 0.835. The lowest BCUT2D eigenvalue weighted by atomic mass is 10.1. The Morgan fingerprint density at radius 3 is 2.71 bits per heavy atom. The van der Waals surface area contributed by atoms with Crippen LogP contribution in [0.4, 0.5) is 0 Å². The van der Waals surface area contributed by atoms with Gasteiger partial charge in [0.05, 0.1) is 13.0 Å². The van der Waals surface area contributed by atoms with Crippen LogP contribution in [0.2, 0.25) is 0 Å². The van der Waals surface area contributed by atoms with Gasteiger partial charge in [0.1, 0.15) is 6.04 Å². The predicted octanol–water partition coefficient (Wildman–Crippen LogP) is 1.42. The highest BCUT2D eigenvalue weighted by Gasteiger charge is 2.27. The fourth-order valence-electron chi connectivity index (χ4n) is 1.66. The van der Waals surface area contributed by atoms with Crippen LogP contribution in [0.25, 0.3) is 0 Å². The predicted molar refractivity (Wildman–Crippen MR) is 65.4 cm³/mol. The van der Waals surface area contributed by atoms with Gasteiger partial charge in [0, 0.05) is 10.9 Å². The van der Waals surface area contributed by atoms with Crippen molar-refractivity contribution in [3.8, 4) is 0 Å². The minimum absolute atomic E-state index is 0.156. The lowest BCUT2D eigenvalue weighted by Crippen LogP contribution is -2.38. The quantitative estimate of drug-likeness (QED) is 0.859. The number of hydrogen-bond acceptors (Lipinski definition) is 3. The van der Waals surface area contributed by atoms with Gasteiger partial charge in [-0.05, 0) is 17.7 Å². The van der Waals surface area contributed by atoms with Crippen LogP contribution >= 0.6 is 15.9 Å². The van der Waals surface area contributed by atoms with Crippen molar-refractivity contribution in [3.63, 3.8) is 0 Å². The maximum Gasteiger partial charge on any atom is 0.328 e. The number of esters is 1. The van der Waals surface area contributed by atoms with Crippen molar-refractivity contribution in [1.29, 1.82) is 0 Å². The van der Waals surface area contributed by atoms with E-state index in [0.717, 1.165) is 10.0 Å². The number of hydrogen-bond donors (Lipinski definition) is 1. The second-order valence-corrected chi connectivity index (χ2v) is 4.80. The molecule has 0 aliphatic carbocycles. The molecule has 1 atom stereocenters. The van der Waals surface area contributed by atoms with E-state index in [4.69, 9.17) is 4.74 Å². The molecule has 1 heterocycles. The zero-order chi connectivity index (χ0) is 12.3. The van der Waals surface area contributed by atoms with Gasteiger partial charge in [-0.2, -0.15) is 0 Å². The van der Waals surface area contributed by atoms with E-state index in [9.17, 15) is 9.59 Å². The second kappa shape index (κ2) is 5.31. The zero-order valence-corrected chi connectivity index (χ0v) is 10.7. The van der Waals surface area contributed by atoms with Gasteiger partial charge >= 0.3 is 5.97 Å². The molecule has 0 spiro atoms. The number of ether oxygens (including phenoxy) is 1. The molecule has 1 aromatic carbocycles. The maximum absolute atomic E-state index is 11.7. The van der Waals surface area contributed by atoms with Gasteiger partial charge in [-0.25, -0.2) is 4.79 Å². The van der Waals surface area contributed by atoms with Crippen molar-refractivity contribution in [1.82, 2.24) is 5.32 Å². The summed E-state index contributed by atoms with van der Waals surface area (Å²) in [4.78, 5) is 22.8. The number of amides is 1. The number of carbonyl (C=O) groups excluding carboxylic acids is 2. The number of carbonyl (C=O) groups is 2. The Balaban J connectivity index is 1.88. The SMILES string of the molecule is O=C(Cc1ccc(Br)cc1)NC1CCOC1=O. The number of rotatable bonds is 3. The Kier molecular flexibility index (Phi) is 3.78. The van der Waals surface area contributed by atoms with E-state index < -0.39 is 6.04 Å². The van der Waals surface area contributed by atoms with Crippen molar-refractivity contribution in [2.45, 2.75) is 18.9 Å². The van der Waals surface area contributed by atoms with E-state index in [-0.39, 0.29) is 18.3 Å². The van der Waals surface area contributed by atoms with Crippen LogP contribution in [-0.2, 0) is 20.7 Å². The molecule has 1 aliphatic rings. The summed E-state index contributed by atoms with van der Waals surface area (Å²) in [5, 5.41) is 2.67. The van der Waals surface area contributed by atoms with Crippen LogP contribution in [-0.4, -0.2) is 24.5 Å². The Morgan fingerprint density at radius 2 is 2.12 bits per heavy atom. The molecule has 4 nitrogen and oxygen atoms in total. The summed E-state index contributed by atoms with van der Waals surface area (Å²) in [6.45, 7) is 0.391. The topological polar surface area (TPSA) is 55.4 Å². The highest BCUT2D eigenvalue weighted by molar-refractivity contribution is 9.10. The van der Waals surface area contributed by atoms with E-state index in [0.29, 0.717) is 13.0 Å². The number of cyclic esters (lactones) is 1. The molecular formula is C12H12BrNO3. The van der Waals surface area contributed by atoms with Crippen molar-refractivity contribution in [3.05, 3.63) is 34.3 Å². The maximum atomic E-state index is 11.7. The first-order valence-corrected chi connectivity index (χ1v) is 6.15. The van der Waals surface area contributed by atoms with Gasteiger partial charge in [0.2, 0.25) is 5.91 Å². The van der Waals surface area contributed by atoms with E-state index in [2.05, 4.69) is 21.2 Å². The number of halogens is 1. The van der Waals surface area contributed by atoms with Crippen molar-refractivity contribution < 1.29 is 14.3 Å². The van der Waals surface area contributed by atoms with Crippen LogP contribution in [0.3, 0.4) is 0 Å². The number of benzene rings is 1. The molecule has 0 saturated carbocycles. The van der Waals surface area contributed by atoms with Gasteiger partial charge in [-0.15, -0.1) is 0 Å². The smallest absolute Gasteiger partial charge is 0.328 e. The van der Waals surface area contributed by atoms with Crippen molar-refractivity contribution in [2.24, 2.45) is 0 Å². The molecular weight excluding hydrogens is 286 g/mol. The summed E-state index contributed by atoms with van der Waals surface area (Å²) >= 11 is 3.33. The van der Waals surface area contributed by atoms with E-state index >= 15 is 0 Å². The molecule has 1 aliphatic heterocycles. The lowest BCUT2D eigenvalue weighted by Gasteiger charge is -2.08. The van der Waals surface area contributed by atoms with Gasteiger partial charge < -0.3 is 10.1 Å². The molecule has 90 valence electrons. The molecule has 1 unspecified atom stereocenters. The van der Waals surface area contributed by atoms with Gasteiger partial charge in [0.15, 0.2) is 0 Å². The molecule has 2 rings (SSSR count). The largest absolute Gasteiger partial charge is 0.464 e. The monoisotopic (exact) mass is 297 g/mol. The molecule has 17 heavy (non-hydrogen) atoms. The summed E-state index contributed by atoms with van der Waals surface area (Å²) in [5.74, 6) is -0.495. The van der Waals surface area contributed by atoms with Crippen molar-refractivity contribution >= 4 is 27.8 Å². The van der Waals surface area contributed by atoms with E-state index in [1.807, 2.05) is 24.3 Å². The minimum Gasteiger partial charge on any atom is -0.464 e. The standard InChI is InChI=1S/C12H12BrNO3/c13-9-3-1-8(2-4-9)7-11(15)14-10-5-6-17-12(10)16/h1-4,10H,5-7H2,(H,14,15). The third kappa shape index (κ3) is 3.30. The van der Waals surface area contributed by atoms with Gasteiger partial charge in [-0.3, -0.25) is 4.79 Å². The summed E-state index contributed by atoms with van der Waals surface area (Å²) in [5.41, 5.74) is 0.914. The Labute approximate surface area is 107 Å². The Bertz CT molecular complexity index is 430. The summed E-state index contributed by atoms with van der Waals surface area (Å²) in [7, 11) is 0. The molecule has 1 amide bonds. The number of nitrogens with one attached hydrogen (secondary N) is 1. The summed E-state index contributed by atoms with van der Waals surface area (Å²) < 4.78 is 5.75. The molecule has 1 N–H and O–H groups in total. The first-order valence-electron chi connectivity index (χ1n) is 5.35. The molecule has 1 aromatic rings. The molecule has 1 saturated heterocycles. The van der Waals surface area contributed by atoms with E-state index in [1.54, 1.807) is 0 Å². The molecule has 1 fully saturated rings. The molecule has 5 heteroatoms. The van der Waals surface area contributed by atoms with E-state index in [1.165, 1.54) is 0 Å². The highest BCUT2D eigenvalue weighted by atomic mass is 79.9. The lowest BCUT2D eigenvalue weighted by molar-refractivity contribution is -0.141. The molecule has 0 aromatic heterocycles. The first kappa shape index (κ1) is 12.1. The third-order valence-electron chi connectivity index (χ3n) is 2.55. The average Bonchev–Trinajstić information content (AvgIpc) is 2.68. The third-order valence-corrected chi connectivity index (χ3v) is 3.08. The minimum atomic E-state index is -0.474. The normalized spacial score (nSPS) is 18.9. The zero-order valence-electron chi connectivity index (χ0n) is 9.11. The second-order valence-electron chi connectivity index (χ2n) is 3.88. The van der Waals surface area contributed by atoms with Crippen LogP contribution in [0.15, 0.2) is 28.7 Å². The van der Waals surface area contributed by atoms with Crippen LogP contribution in [0.5, 0.6) is 0 Å². The van der Waals surface area contributed by atoms with Crippen LogP contribution in [0.1, 0.15) is 12.0 Å². The molecule has 0 bridgehead atoms. The highest BCUT2D eigenvalue weighted by Crippen LogP contribution is 2.11. The van der Waals surface area contributed by atoms with Crippen molar-refractivity contribution in [2.75, 3.05) is 6.61 Å².